The van der Waals surface area contributed by atoms with Crippen LogP contribution in [0.1, 0.15) is 42.9 Å². The second-order valence-corrected chi connectivity index (χ2v) is 7.88. The predicted molar refractivity (Wildman–Crippen MR) is 113 cm³/mol. The van der Waals surface area contributed by atoms with Gasteiger partial charge in [-0.15, -0.1) is 0 Å². The van der Waals surface area contributed by atoms with E-state index in [0.29, 0.717) is 24.9 Å². The van der Waals surface area contributed by atoms with Crippen LogP contribution in [0.3, 0.4) is 0 Å². The molecule has 1 saturated carbocycles. The first-order valence-electron chi connectivity index (χ1n) is 10.5. The molecule has 2 aromatic rings. The number of nitrogens with zero attached hydrogens (tertiary/aromatic N) is 2. The van der Waals surface area contributed by atoms with Gasteiger partial charge in [0.15, 0.2) is 0 Å². The lowest BCUT2D eigenvalue weighted by Crippen LogP contribution is -2.39. The number of hydrogen-bond acceptors (Lipinski definition) is 5. The lowest BCUT2D eigenvalue weighted by molar-refractivity contribution is 0.191. The summed E-state index contributed by atoms with van der Waals surface area (Å²) in [4.78, 5) is 19.1. The normalized spacial score (nSPS) is 18.2. The van der Waals surface area contributed by atoms with E-state index in [1.165, 1.54) is 12.8 Å². The molecule has 1 unspecified atom stereocenters. The van der Waals surface area contributed by atoms with Gasteiger partial charge >= 0.3 is 6.03 Å². The third-order valence-electron chi connectivity index (χ3n) is 5.71. The summed E-state index contributed by atoms with van der Waals surface area (Å²) in [7, 11) is 3.29. The average molecular weight is 412 g/mol. The van der Waals surface area contributed by atoms with E-state index >= 15 is 0 Å². The van der Waals surface area contributed by atoms with E-state index in [0.717, 1.165) is 42.1 Å². The number of rotatable bonds is 8. The standard InChI is InChI=1S/C23H29N3O4/c1-28-18-8-9-21(29-2)19(12-18)20-4-3-11-26(20)23(27)25-14-17-7-10-22(24-13-17)30-15-16-5-6-16/h7-10,12-13,16,20H,3-6,11,14-15H2,1-2H3,(H,25,27). The molecule has 2 heterocycles. The van der Waals surface area contributed by atoms with Gasteiger partial charge in [-0.05, 0) is 55.4 Å². The average Bonchev–Trinajstić information content (AvgIpc) is 3.49. The molecule has 4 rings (SSSR count). The van der Waals surface area contributed by atoms with Crippen molar-refractivity contribution in [3.63, 3.8) is 0 Å². The van der Waals surface area contributed by atoms with Crippen LogP contribution in [0.5, 0.6) is 17.4 Å². The topological polar surface area (TPSA) is 72.9 Å². The summed E-state index contributed by atoms with van der Waals surface area (Å²) in [5.74, 6) is 2.86. The van der Waals surface area contributed by atoms with Crippen LogP contribution in [0.15, 0.2) is 36.5 Å². The van der Waals surface area contributed by atoms with Crippen LogP contribution in [-0.2, 0) is 6.54 Å². The van der Waals surface area contributed by atoms with Crippen molar-refractivity contribution in [2.75, 3.05) is 27.4 Å². The lowest BCUT2D eigenvalue weighted by Gasteiger charge is -2.27. The summed E-state index contributed by atoms with van der Waals surface area (Å²) in [5, 5.41) is 3.02. The molecule has 1 N–H and O–H groups in total. The van der Waals surface area contributed by atoms with Gasteiger partial charge in [0.25, 0.3) is 0 Å². The Bertz CT molecular complexity index is 867. The molecule has 7 heteroatoms. The Labute approximate surface area is 177 Å². The Balaban J connectivity index is 1.37. The minimum absolute atomic E-state index is 0.0358. The maximum atomic E-state index is 12.9. The highest BCUT2D eigenvalue weighted by Crippen LogP contribution is 2.38. The SMILES string of the molecule is COc1ccc(OC)c(C2CCCN2C(=O)NCc2ccc(OCC3CC3)nc2)c1. The Kier molecular flexibility index (Phi) is 6.26. The molecule has 2 aliphatic rings. The molecule has 30 heavy (non-hydrogen) atoms. The number of amides is 2. The largest absolute Gasteiger partial charge is 0.497 e. The minimum atomic E-state index is -0.0866. The third kappa shape index (κ3) is 4.78. The Morgan fingerprint density at radius 3 is 2.73 bits per heavy atom. The quantitative estimate of drug-likeness (QED) is 0.712. The van der Waals surface area contributed by atoms with Gasteiger partial charge in [0.05, 0.1) is 26.9 Å². The molecule has 1 aliphatic heterocycles. The number of carbonyl (C=O) groups is 1. The van der Waals surface area contributed by atoms with E-state index in [-0.39, 0.29) is 12.1 Å². The summed E-state index contributed by atoms with van der Waals surface area (Å²) < 4.78 is 16.6. The van der Waals surface area contributed by atoms with E-state index in [1.54, 1.807) is 20.4 Å². The van der Waals surface area contributed by atoms with Gasteiger partial charge in [0, 0.05) is 30.9 Å². The molecule has 2 amide bonds. The molecule has 0 bridgehead atoms. The fourth-order valence-corrected chi connectivity index (χ4v) is 3.80. The monoisotopic (exact) mass is 411 g/mol. The van der Waals surface area contributed by atoms with Gasteiger partial charge in [-0.2, -0.15) is 0 Å². The number of carbonyl (C=O) groups excluding carboxylic acids is 1. The fraction of sp³-hybridized carbons (Fsp3) is 0.478. The molecule has 1 saturated heterocycles. The van der Waals surface area contributed by atoms with Crippen molar-refractivity contribution in [1.82, 2.24) is 15.2 Å². The van der Waals surface area contributed by atoms with Crippen LogP contribution in [0.2, 0.25) is 0 Å². The first-order chi connectivity index (χ1) is 14.7. The Hall–Kier alpha value is -2.96. The van der Waals surface area contributed by atoms with Crippen molar-refractivity contribution in [3.8, 4) is 17.4 Å². The van der Waals surface area contributed by atoms with E-state index in [2.05, 4.69) is 10.3 Å². The van der Waals surface area contributed by atoms with E-state index < -0.39 is 0 Å². The summed E-state index contributed by atoms with van der Waals surface area (Å²) in [6, 6.07) is 9.40. The molecular weight excluding hydrogens is 382 g/mol. The highest BCUT2D eigenvalue weighted by molar-refractivity contribution is 5.75. The van der Waals surface area contributed by atoms with Crippen LogP contribution in [0.4, 0.5) is 4.79 Å². The molecule has 1 aromatic heterocycles. The van der Waals surface area contributed by atoms with Gasteiger partial charge in [-0.25, -0.2) is 9.78 Å². The van der Waals surface area contributed by atoms with Crippen LogP contribution >= 0.6 is 0 Å². The minimum Gasteiger partial charge on any atom is -0.497 e. The van der Waals surface area contributed by atoms with Crippen LogP contribution < -0.4 is 19.5 Å². The molecule has 7 nitrogen and oxygen atoms in total. The van der Waals surface area contributed by atoms with E-state index in [1.807, 2.05) is 35.2 Å². The second kappa shape index (κ2) is 9.24. The molecule has 1 aromatic carbocycles. The molecule has 1 aliphatic carbocycles. The zero-order valence-electron chi connectivity index (χ0n) is 17.6. The van der Waals surface area contributed by atoms with Crippen molar-refractivity contribution in [2.24, 2.45) is 5.92 Å². The fourth-order valence-electron chi connectivity index (χ4n) is 3.80. The summed E-state index contributed by atoms with van der Waals surface area (Å²) in [6.07, 6.45) is 6.11. The number of ether oxygens (including phenoxy) is 3. The highest BCUT2D eigenvalue weighted by atomic mass is 16.5. The number of methoxy groups -OCH3 is 2. The third-order valence-corrected chi connectivity index (χ3v) is 5.71. The van der Waals surface area contributed by atoms with Crippen LogP contribution in [0, 0.1) is 5.92 Å². The van der Waals surface area contributed by atoms with E-state index in [9.17, 15) is 4.79 Å². The van der Waals surface area contributed by atoms with Gasteiger partial charge < -0.3 is 24.4 Å². The molecule has 1 atom stereocenters. The summed E-state index contributed by atoms with van der Waals surface area (Å²) >= 11 is 0. The highest BCUT2D eigenvalue weighted by Gasteiger charge is 2.32. The van der Waals surface area contributed by atoms with Gasteiger partial charge in [0.1, 0.15) is 11.5 Å². The maximum Gasteiger partial charge on any atom is 0.318 e. The number of aromatic nitrogens is 1. The number of urea groups is 1. The zero-order chi connectivity index (χ0) is 20.9. The number of pyridine rings is 1. The summed E-state index contributed by atoms with van der Waals surface area (Å²) in [5.41, 5.74) is 1.92. The number of likely N-dealkylation sites (tertiary alicyclic amines) is 1. The maximum absolute atomic E-state index is 12.9. The Morgan fingerprint density at radius 2 is 2.03 bits per heavy atom. The van der Waals surface area contributed by atoms with Gasteiger partial charge in [-0.1, -0.05) is 6.07 Å². The van der Waals surface area contributed by atoms with Crippen molar-refractivity contribution in [2.45, 2.75) is 38.3 Å². The van der Waals surface area contributed by atoms with Crippen LogP contribution in [0.25, 0.3) is 0 Å². The van der Waals surface area contributed by atoms with Gasteiger partial charge in [0.2, 0.25) is 5.88 Å². The molecular formula is C23H29N3O4. The van der Waals surface area contributed by atoms with Crippen molar-refractivity contribution < 1.29 is 19.0 Å². The Morgan fingerprint density at radius 1 is 1.17 bits per heavy atom. The first-order valence-corrected chi connectivity index (χ1v) is 10.5. The number of nitrogens with one attached hydrogen (secondary N) is 1. The predicted octanol–water partition coefficient (Wildman–Crippen LogP) is 3.93. The van der Waals surface area contributed by atoms with Crippen molar-refractivity contribution >= 4 is 6.03 Å². The number of hydrogen-bond donors (Lipinski definition) is 1. The molecule has 0 spiro atoms. The second-order valence-electron chi connectivity index (χ2n) is 7.88. The van der Waals surface area contributed by atoms with Crippen molar-refractivity contribution in [1.29, 1.82) is 0 Å². The van der Waals surface area contributed by atoms with Crippen molar-refractivity contribution in [3.05, 3.63) is 47.7 Å². The molecule has 0 radical (unpaired) electrons. The first kappa shape index (κ1) is 20.3. The van der Waals surface area contributed by atoms with Crippen LogP contribution in [-0.4, -0.2) is 43.3 Å². The van der Waals surface area contributed by atoms with E-state index in [4.69, 9.17) is 14.2 Å². The summed E-state index contributed by atoms with van der Waals surface area (Å²) in [6.45, 7) is 1.88. The zero-order valence-corrected chi connectivity index (χ0v) is 17.6. The smallest absolute Gasteiger partial charge is 0.318 e. The van der Waals surface area contributed by atoms with Gasteiger partial charge in [-0.3, -0.25) is 0 Å². The molecule has 2 fully saturated rings. The number of benzene rings is 1. The lowest BCUT2D eigenvalue weighted by atomic mass is 10.0. The molecule has 160 valence electrons.